The van der Waals surface area contributed by atoms with E-state index >= 15 is 0 Å². The van der Waals surface area contributed by atoms with Crippen LogP contribution in [0.3, 0.4) is 0 Å². The maximum absolute atomic E-state index is 4.35. The highest BCUT2D eigenvalue weighted by Gasteiger charge is 2.16. The van der Waals surface area contributed by atoms with E-state index in [2.05, 4.69) is 65.9 Å². The zero-order chi connectivity index (χ0) is 12.3. The molecule has 0 aliphatic rings. The fourth-order valence-electron chi connectivity index (χ4n) is 1.66. The minimum atomic E-state index is 0.0631. The monoisotopic (exact) mass is 403 g/mol. The minimum Gasteiger partial charge on any atom is -0.308 e. The summed E-state index contributed by atoms with van der Waals surface area (Å²) in [5.74, 6) is 0. The molecule has 0 saturated carbocycles. The van der Waals surface area contributed by atoms with Crippen LogP contribution in [0.5, 0.6) is 0 Å². The van der Waals surface area contributed by atoms with Gasteiger partial charge in [0, 0.05) is 20.4 Å². The van der Waals surface area contributed by atoms with Crippen molar-refractivity contribution in [2.24, 2.45) is 0 Å². The summed E-state index contributed by atoms with van der Waals surface area (Å²) in [6.07, 6.45) is 5.19. The quantitative estimate of drug-likeness (QED) is 0.800. The van der Waals surface area contributed by atoms with Gasteiger partial charge in [-0.2, -0.15) is 0 Å². The van der Waals surface area contributed by atoms with Gasteiger partial charge in [-0.15, -0.1) is 0 Å². The Hall–Kier alpha value is -0.530. The molecule has 2 aromatic rings. The molecule has 2 rings (SSSR count). The Morgan fingerprint density at radius 3 is 2.82 bits per heavy atom. The molecule has 1 atom stereocenters. The van der Waals surface area contributed by atoms with Crippen LogP contribution < -0.4 is 5.32 Å². The molecule has 0 amide bonds. The first-order valence-electron chi connectivity index (χ1n) is 5.10. The predicted octanol–water partition coefficient (Wildman–Crippen LogP) is 3.15. The van der Waals surface area contributed by atoms with Crippen molar-refractivity contribution in [3.8, 4) is 0 Å². The molecule has 1 unspecified atom stereocenters. The van der Waals surface area contributed by atoms with Crippen LogP contribution in [0.4, 0.5) is 0 Å². The van der Waals surface area contributed by atoms with Gasteiger partial charge in [0.25, 0.3) is 0 Å². The van der Waals surface area contributed by atoms with Gasteiger partial charge >= 0.3 is 0 Å². The van der Waals surface area contributed by atoms with E-state index < -0.39 is 0 Å². The zero-order valence-corrected chi connectivity index (χ0v) is 12.9. The largest absolute Gasteiger partial charge is 0.308 e. The van der Waals surface area contributed by atoms with Gasteiger partial charge in [-0.05, 0) is 53.4 Å². The van der Waals surface area contributed by atoms with Crippen LogP contribution >= 0.6 is 38.5 Å². The van der Waals surface area contributed by atoms with Crippen molar-refractivity contribution in [2.75, 3.05) is 7.05 Å². The highest BCUT2D eigenvalue weighted by molar-refractivity contribution is 14.1. The van der Waals surface area contributed by atoms with E-state index in [0.717, 1.165) is 10.2 Å². The Kier molecular flexibility index (Phi) is 4.47. The molecule has 0 saturated heterocycles. The van der Waals surface area contributed by atoms with E-state index in [1.807, 2.05) is 13.1 Å². The lowest BCUT2D eigenvalue weighted by molar-refractivity contribution is 0.663. The SMILES string of the molecule is CNC(c1cnccn1)c1cc(Br)ccc1I. The first kappa shape index (κ1) is 12.9. The van der Waals surface area contributed by atoms with E-state index in [0.29, 0.717) is 0 Å². The molecule has 17 heavy (non-hydrogen) atoms. The van der Waals surface area contributed by atoms with Crippen molar-refractivity contribution in [3.05, 3.63) is 56.1 Å². The number of halogens is 2. The van der Waals surface area contributed by atoms with Crippen molar-refractivity contribution in [1.29, 1.82) is 0 Å². The van der Waals surface area contributed by atoms with Crippen molar-refractivity contribution in [3.63, 3.8) is 0 Å². The van der Waals surface area contributed by atoms with Crippen LogP contribution in [0.2, 0.25) is 0 Å². The van der Waals surface area contributed by atoms with E-state index in [-0.39, 0.29) is 6.04 Å². The maximum atomic E-state index is 4.35. The molecule has 0 aliphatic heterocycles. The smallest absolute Gasteiger partial charge is 0.0801 e. The lowest BCUT2D eigenvalue weighted by atomic mass is 10.0. The Morgan fingerprint density at radius 1 is 1.35 bits per heavy atom. The Bertz CT molecular complexity index is 504. The summed E-state index contributed by atoms with van der Waals surface area (Å²) in [7, 11) is 1.93. The van der Waals surface area contributed by atoms with E-state index in [9.17, 15) is 0 Å². The lowest BCUT2D eigenvalue weighted by Gasteiger charge is -2.17. The molecule has 0 spiro atoms. The molecule has 88 valence electrons. The molecule has 1 N–H and O–H groups in total. The molecule has 0 bridgehead atoms. The van der Waals surface area contributed by atoms with E-state index in [1.54, 1.807) is 18.6 Å². The first-order chi connectivity index (χ1) is 8.22. The minimum absolute atomic E-state index is 0.0631. The summed E-state index contributed by atoms with van der Waals surface area (Å²) in [5.41, 5.74) is 2.12. The maximum Gasteiger partial charge on any atom is 0.0801 e. The molecule has 3 nitrogen and oxygen atoms in total. The number of hydrogen-bond donors (Lipinski definition) is 1. The molecular formula is C12H11BrIN3. The molecule has 0 fully saturated rings. The molecule has 0 aliphatic carbocycles. The van der Waals surface area contributed by atoms with Gasteiger partial charge < -0.3 is 5.32 Å². The third kappa shape index (κ3) is 3.02. The van der Waals surface area contributed by atoms with Gasteiger partial charge in [-0.1, -0.05) is 15.9 Å². The van der Waals surface area contributed by atoms with Gasteiger partial charge in [0.2, 0.25) is 0 Å². The number of rotatable bonds is 3. The second-order valence-corrected chi connectivity index (χ2v) is 5.60. The third-order valence-electron chi connectivity index (χ3n) is 2.44. The first-order valence-corrected chi connectivity index (χ1v) is 6.97. The van der Waals surface area contributed by atoms with Gasteiger partial charge in [0.15, 0.2) is 0 Å². The average molecular weight is 404 g/mol. The Morgan fingerprint density at radius 2 is 2.18 bits per heavy atom. The van der Waals surface area contributed by atoms with Crippen LogP contribution in [0.1, 0.15) is 17.3 Å². The molecular weight excluding hydrogens is 393 g/mol. The number of hydrogen-bond acceptors (Lipinski definition) is 3. The number of aromatic nitrogens is 2. The standard InChI is InChI=1S/C12H11BrIN3/c1-15-12(11-7-16-4-5-17-11)9-6-8(13)2-3-10(9)14/h2-7,12,15H,1H3. The van der Waals surface area contributed by atoms with Crippen LogP contribution in [-0.4, -0.2) is 17.0 Å². The van der Waals surface area contributed by atoms with Crippen molar-refractivity contribution in [1.82, 2.24) is 15.3 Å². The number of nitrogens with zero attached hydrogens (tertiary/aromatic N) is 2. The summed E-state index contributed by atoms with van der Waals surface area (Å²) >= 11 is 5.83. The number of nitrogens with one attached hydrogen (secondary N) is 1. The molecule has 1 heterocycles. The topological polar surface area (TPSA) is 37.8 Å². The summed E-state index contributed by atoms with van der Waals surface area (Å²) in [5, 5.41) is 3.27. The van der Waals surface area contributed by atoms with Gasteiger partial charge in [-0.25, -0.2) is 0 Å². The highest BCUT2D eigenvalue weighted by atomic mass is 127. The molecule has 1 aromatic carbocycles. The molecule has 0 radical (unpaired) electrons. The van der Waals surface area contributed by atoms with Crippen LogP contribution in [0.25, 0.3) is 0 Å². The van der Waals surface area contributed by atoms with E-state index in [4.69, 9.17) is 0 Å². The fraction of sp³-hybridized carbons (Fsp3) is 0.167. The van der Waals surface area contributed by atoms with Crippen molar-refractivity contribution in [2.45, 2.75) is 6.04 Å². The second-order valence-electron chi connectivity index (χ2n) is 3.52. The second kappa shape index (κ2) is 5.88. The van der Waals surface area contributed by atoms with Crippen LogP contribution in [0.15, 0.2) is 41.3 Å². The Labute approximate surface area is 122 Å². The summed E-state index contributed by atoms with van der Waals surface area (Å²) in [6, 6.07) is 6.29. The van der Waals surface area contributed by atoms with Gasteiger partial charge in [0.1, 0.15) is 0 Å². The molecule has 1 aromatic heterocycles. The van der Waals surface area contributed by atoms with Gasteiger partial charge in [0.05, 0.1) is 17.9 Å². The van der Waals surface area contributed by atoms with Gasteiger partial charge in [-0.3, -0.25) is 9.97 Å². The third-order valence-corrected chi connectivity index (χ3v) is 3.91. The average Bonchev–Trinajstić information content (AvgIpc) is 2.36. The van der Waals surface area contributed by atoms with Crippen molar-refractivity contribution >= 4 is 38.5 Å². The Balaban J connectivity index is 2.46. The van der Waals surface area contributed by atoms with Crippen LogP contribution in [0, 0.1) is 3.57 Å². The molecule has 5 heteroatoms. The lowest BCUT2D eigenvalue weighted by Crippen LogP contribution is -2.20. The predicted molar refractivity (Wildman–Crippen MR) is 79.8 cm³/mol. The van der Waals surface area contributed by atoms with Crippen LogP contribution in [-0.2, 0) is 0 Å². The highest BCUT2D eigenvalue weighted by Crippen LogP contribution is 2.27. The number of benzene rings is 1. The summed E-state index contributed by atoms with van der Waals surface area (Å²) in [4.78, 5) is 8.47. The normalized spacial score (nSPS) is 12.4. The zero-order valence-electron chi connectivity index (χ0n) is 9.19. The summed E-state index contributed by atoms with van der Waals surface area (Å²) in [6.45, 7) is 0. The summed E-state index contributed by atoms with van der Waals surface area (Å²) < 4.78 is 2.27. The van der Waals surface area contributed by atoms with Crippen molar-refractivity contribution < 1.29 is 0 Å². The van der Waals surface area contributed by atoms with E-state index in [1.165, 1.54) is 9.13 Å². The fourth-order valence-corrected chi connectivity index (χ4v) is 2.68.